The van der Waals surface area contributed by atoms with Crippen LogP contribution in [-0.2, 0) is 4.74 Å². The molecule has 1 saturated carbocycles. The molecule has 1 saturated heterocycles. The van der Waals surface area contributed by atoms with Crippen molar-refractivity contribution in [3.8, 4) is 0 Å². The van der Waals surface area contributed by atoms with Crippen molar-refractivity contribution in [1.82, 2.24) is 25.3 Å². The summed E-state index contributed by atoms with van der Waals surface area (Å²) in [6, 6.07) is 3.71. The maximum atomic E-state index is 13.0. The lowest BCUT2D eigenvalue weighted by Crippen LogP contribution is -2.30. The van der Waals surface area contributed by atoms with Gasteiger partial charge in [-0.05, 0) is 25.0 Å². The average Bonchev–Trinajstić information content (AvgIpc) is 3.12. The van der Waals surface area contributed by atoms with Gasteiger partial charge < -0.3 is 9.64 Å². The summed E-state index contributed by atoms with van der Waals surface area (Å²) in [5, 5.41) is 10.6. The minimum Gasteiger partial charge on any atom is -0.379 e. The third-order valence-corrected chi connectivity index (χ3v) is 4.70. The summed E-state index contributed by atoms with van der Waals surface area (Å²) in [6.45, 7) is 1.15. The maximum Gasteiger partial charge on any atom is 0.255 e. The van der Waals surface area contributed by atoms with Crippen LogP contribution < -0.4 is 0 Å². The van der Waals surface area contributed by atoms with Crippen LogP contribution in [-0.4, -0.2) is 57.5 Å². The highest BCUT2D eigenvalue weighted by atomic mass is 16.5. The molecule has 1 aliphatic carbocycles. The minimum absolute atomic E-state index is 0.0352. The van der Waals surface area contributed by atoms with E-state index in [2.05, 4.69) is 20.4 Å². The largest absolute Gasteiger partial charge is 0.379 e. The number of nitrogens with one attached hydrogen (secondary N) is 1. The van der Waals surface area contributed by atoms with Crippen LogP contribution in [0.25, 0.3) is 0 Å². The molecular weight excluding hydrogens is 294 g/mol. The molecule has 1 aliphatic heterocycles. The standard InChI is InChI=1S/C16H19N5O2/c1-23-14-9-21(8-12(14)13-7-18-20-19-13)16(22)11-3-2-6-17-15(11)10-4-5-10/h2-3,6-7,10,12,14H,4-5,8-9H2,1H3,(H,18,19,20)/t12-,14+/m0/s1. The highest BCUT2D eigenvalue weighted by molar-refractivity contribution is 5.95. The molecule has 2 aromatic rings. The van der Waals surface area contributed by atoms with Gasteiger partial charge in [0.25, 0.3) is 5.91 Å². The van der Waals surface area contributed by atoms with Crippen LogP contribution >= 0.6 is 0 Å². The lowest BCUT2D eigenvalue weighted by Gasteiger charge is -2.17. The molecule has 2 atom stereocenters. The first-order valence-corrected chi connectivity index (χ1v) is 7.90. The van der Waals surface area contributed by atoms with Crippen molar-refractivity contribution in [3.63, 3.8) is 0 Å². The first kappa shape index (κ1) is 14.3. The second kappa shape index (κ2) is 5.73. The van der Waals surface area contributed by atoms with Gasteiger partial charge in [0.05, 0.1) is 35.2 Å². The highest BCUT2D eigenvalue weighted by Crippen LogP contribution is 2.41. The van der Waals surface area contributed by atoms with E-state index in [1.807, 2.05) is 17.0 Å². The Bertz CT molecular complexity index is 698. The van der Waals surface area contributed by atoms with Gasteiger partial charge in [0, 0.05) is 32.3 Å². The number of rotatable bonds is 4. The zero-order valence-electron chi connectivity index (χ0n) is 13.0. The number of hydrogen-bond acceptors (Lipinski definition) is 5. The smallest absolute Gasteiger partial charge is 0.255 e. The molecule has 0 spiro atoms. The molecule has 0 bridgehead atoms. The Hall–Kier alpha value is -2.28. The van der Waals surface area contributed by atoms with Crippen molar-refractivity contribution in [2.45, 2.75) is 30.8 Å². The fourth-order valence-electron chi connectivity index (χ4n) is 3.30. The van der Waals surface area contributed by atoms with Crippen LogP contribution in [0, 0.1) is 0 Å². The zero-order valence-corrected chi connectivity index (χ0v) is 13.0. The topological polar surface area (TPSA) is 84.0 Å². The van der Waals surface area contributed by atoms with Gasteiger partial charge >= 0.3 is 0 Å². The quantitative estimate of drug-likeness (QED) is 0.920. The molecule has 2 aromatic heterocycles. The van der Waals surface area contributed by atoms with E-state index in [0.717, 1.165) is 29.8 Å². The van der Waals surface area contributed by atoms with E-state index in [4.69, 9.17) is 4.74 Å². The summed E-state index contributed by atoms with van der Waals surface area (Å²) >= 11 is 0. The number of H-pyrrole nitrogens is 1. The fraction of sp³-hybridized carbons (Fsp3) is 0.500. The van der Waals surface area contributed by atoms with Crippen LogP contribution in [0.15, 0.2) is 24.5 Å². The number of carbonyl (C=O) groups excluding carboxylic acids is 1. The molecule has 4 rings (SSSR count). The fourth-order valence-corrected chi connectivity index (χ4v) is 3.30. The molecule has 23 heavy (non-hydrogen) atoms. The number of amides is 1. The van der Waals surface area contributed by atoms with Gasteiger partial charge in [-0.15, -0.1) is 0 Å². The summed E-state index contributed by atoms with van der Waals surface area (Å²) in [5.74, 6) is 0.527. The Morgan fingerprint density at radius 2 is 2.26 bits per heavy atom. The Morgan fingerprint density at radius 1 is 1.39 bits per heavy atom. The lowest BCUT2D eigenvalue weighted by molar-refractivity contribution is 0.0713. The van der Waals surface area contributed by atoms with Crippen LogP contribution in [0.1, 0.15) is 46.4 Å². The second-order valence-electron chi connectivity index (χ2n) is 6.20. The van der Waals surface area contributed by atoms with Gasteiger partial charge in [0.15, 0.2) is 0 Å². The third kappa shape index (κ3) is 2.61. The average molecular weight is 313 g/mol. The van der Waals surface area contributed by atoms with Gasteiger partial charge in [-0.25, -0.2) is 0 Å². The number of ether oxygens (including phenoxy) is 1. The molecule has 7 heteroatoms. The Morgan fingerprint density at radius 3 is 2.96 bits per heavy atom. The maximum absolute atomic E-state index is 13.0. The summed E-state index contributed by atoms with van der Waals surface area (Å²) in [5.41, 5.74) is 2.50. The molecule has 7 nitrogen and oxygen atoms in total. The van der Waals surface area contributed by atoms with Crippen molar-refractivity contribution in [2.75, 3.05) is 20.2 Å². The highest BCUT2D eigenvalue weighted by Gasteiger charge is 2.39. The van der Waals surface area contributed by atoms with E-state index in [0.29, 0.717) is 19.0 Å². The number of aromatic nitrogens is 4. The monoisotopic (exact) mass is 313 g/mol. The molecule has 0 aromatic carbocycles. The predicted molar refractivity (Wildman–Crippen MR) is 82.0 cm³/mol. The predicted octanol–water partition coefficient (Wildman–Crippen LogP) is 1.33. The van der Waals surface area contributed by atoms with E-state index < -0.39 is 0 Å². The molecule has 0 unspecified atom stereocenters. The van der Waals surface area contributed by atoms with Crippen LogP contribution in [0.4, 0.5) is 0 Å². The summed E-state index contributed by atoms with van der Waals surface area (Å²) in [7, 11) is 1.67. The molecule has 1 N–H and O–H groups in total. The van der Waals surface area contributed by atoms with Gasteiger partial charge in [-0.1, -0.05) is 0 Å². The normalized spacial score (nSPS) is 24.1. The molecule has 3 heterocycles. The van der Waals surface area contributed by atoms with Crippen molar-refractivity contribution in [1.29, 1.82) is 0 Å². The van der Waals surface area contributed by atoms with Crippen molar-refractivity contribution in [2.24, 2.45) is 0 Å². The third-order valence-electron chi connectivity index (χ3n) is 4.70. The summed E-state index contributed by atoms with van der Waals surface area (Å²) in [4.78, 5) is 19.2. The first-order chi connectivity index (χ1) is 11.3. The number of pyridine rings is 1. The molecule has 1 amide bonds. The summed E-state index contributed by atoms with van der Waals surface area (Å²) in [6.07, 6.45) is 5.65. The van der Waals surface area contributed by atoms with Gasteiger partial charge in [-0.3, -0.25) is 9.78 Å². The van der Waals surface area contributed by atoms with E-state index in [-0.39, 0.29) is 17.9 Å². The zero-order chi connectivity index (χ0) is 15.8. The van der Waals surface area contributed by atoms with Crippen molar-refractivity contribution in [3.05, 3.63) is 41.5 Å². The van der Waals surface area contributed by atoms with E-state index in [1.165, 1.54) is 0 Å². The van der Waals surface area contributed by atoms with E-state index >= 15 is 0 Å². The number of nitrogens with zero attached hydrogens (tertiary/aromatic N) is 4. The lowest BCUT2D eigenvalue weighted by atomic mass is 10.0. The van der Waals surface area contributed by atoms with E-state index in [1.54, 1.807) is 19.5 Å². The van der Waals surface area contributed by atoms with Gasteiger partial charge in [0.1, 0.15) is 0 Å². The molecule has 2 fully saturated rings. The number of likely N-dealkylation sites (tertiary alicyclic amines) is 1. The first-order valence-electron chi connectivity index (χ1n) is 7.90. The number of methoxy groups -OCH3 is 1. The van der Waals surface area contributed by atoms with Crippen molar-refractivity contribution >= 4 is 5.91 Å². The van der Waals surface area contributed by atoms with Gasteiger partial charge in [0.2, 0.25) is 0 Å². The minimum atomic E-state index is -0.0647. The molecule has 0 radical (unpaired) electrons. The number of hydrogen-bond donors (Lipinski definition) is 1. The second-order valence-corrected chi connectivity index (χ2v) is 6.20. The Labute approximate surface area is 134 Å². The van der Waals surface area contributed by atoms with Crippen molar-refractivity contribution < 1.29 is 9.53 Å². The van der Waals surface area contributed by atoms with Crippen LogP contribution in [0.5, 0.6) is 0 Å². The SMILES string of the molecule is CO[C@@H]1CN(C(=O)c2cccnc2C2CC2)C[C@H]1c1cn[nH]n1. The van der Waals surface area contributed by atoms with Crippen LogP contribution in [0.3, 0.4) is 0 Å². The number of carbonyl (C=O) groups is 1. The summed E-state index contributed by atoms with van der Waals surface area (Å²) < 4.78 is 5.56. The Balaban J connectivity index is 1.58. The van der Waals surface area contributed by atoms with E-state index in [9.17, 15) is 4.79 Å². The van der Waals surface area contributed by atoms with Gasteiger partial charge in [-0.2, -0.15) is 15.4 Å². The molecular formula is C16H19N5O2. The van der Waals surface area contributed by atoms with Crippen LogP contribution in [0.2, 0.25) is 0 Å². The molecule has 120 valence electrons. The molecule has 2 aliphatic rings. The number of aromatic amines is 1. The Kier molecular flexibility index (Phi) is 3.57.